The van der Waals surface area contributed by atoms with Crippen molar-refractivity contribution >= 4 is 40.5 Å². The minimum Gasteiger partial charge on any atom is -0.464 e. The van der Waals surface area contributed by atoms with Crippen molar-refractivity contribution in [2.24, 2.45) is 0 Å². The molecule has 0 unspecified atom stereocenters. The van der Waals surface area contributed by atoms with Gasteiger partial charge in [-0.15, -0.1) is 10.2 Å². The highest BCUT2D eigenvalue weighted by Crippen LogP contribution is 2.38. The molecule has 0 aliphatic heterocycles. The van der Waals surface area contributed by atoms with Gasteiger partial charge in [-0.25, -0.2) is 9.48 Å². The van der Waals surface area contributed by atoms with Gasteiger partial charge in [-0.1, -0.05) is 70.4 Å². The van der Waals surface area contributed by atoms with E-state index in [4.69, 9.17) is 27.9 Å². The Morgan fingerprint density at radius 1 is 1.07 bits per heavy atom. The zero-order valence-corrected chi connectivity index (χ0v) is 17.7. The Balaban J connectivity index is 1.90. The van der Waals surface area contributed by atoms with Gasteiger partial charge in [0.05, 0.1) is 17.8 Å². The van der Waals surface area contributed by atoms with Crippen LogP contribution in [0.3, 0.4) is 0 Å². The second-order valence-electron chi connectivity index (χ2n) is 6.15. The number of carbonyl (C=O) groups is 1. The third-order valence-corrected chi connectivity index (χ3v) is 5.84. The number of para-hydroxylation sites is 1. The highest BCUT2D eigenvalue weighted by Gasteiger charge is 2.27. The second kappa shape index (κ2) is 7.94. The quantitative estimate of drug-likeness (QED) is 0.390. The Bertz CT molecular complexity index is 1220. The highest BCUT2D eigenvalue weighted by molar-refractivity contribution is 7.18. The maximum atomic E-state index is 12.2. The molecule has 0 fully saturated rings. The zero-order chi connectivity index (χ0) is 20.5. The third-order valence-electron chi connectivity index (χ3n) is 4.18. The number of methoxy groups -OCH3 is 1. The van der Waals surface area contributed by atoms with Gasteiger partial charge in [0.1, 0.15) is 15.7 Å². The number of carbonyl (C=O) groups excluding carboxylic acids is 1. The first-order chi connectivity index (χ1) is 14.0. The average molecular weight is 445 g/mol. The summed E-state index contributed by atoms with van der Waals surface area (Å²) in [6.07, 6.45) is 0. The summed E-state index contributed by atoms with van der Waals surface area (Å²) in [5.41, 5.74) is 3.04. The van der Waals surface area contributed by atoms with E-state index in [1.54, 1.807) is 18.2 Å². The monoisotopic (exact) mass is 444 g/mol. The Hall–Kier alpha value is -2.74. The molecule has 0 bridgehead atoms. The van der Waals surface area contributed by atoms with Crippen molar-refractivity contribution in [1.82, 2.24) is 20.0 Å². The van der Waals surface area contributed by atoms with E-state index < -0.39 is 5.97 Å². The van der Waals surface area contributed by atoms with Gasteiger partial charge in [-0.3, -0.25) is 0 Å². The molecule has 0 amide bonds. The molecule has 0 saturated heterocycles. The highest BCUT2D eigenvalue weighted by atomic mass is 35.5. The van der Waals surface area contributed by atoms with Crippen molar-refractivity contribution in [3.8, 4) is 27.0 Å². The van der Waals surface area contributed by atoms with E-state index in [2.05, 4.69) is 15.3 Å². The summed E-state index contributed by atoms with van der Waals surface area (Å²) < 4.78 is 6.31. The fourth-order valence-corrected chi connectivity index (χ4v) is 4.25. The lowest BCUT2D eigenvalue weighted by Gasteiger charge is -2.07. The lowest BCUT2D eigenvalue weighted by molar-refractivity contribution is 0.0593. The van der Waals surface area contributed by atoms with Crippen LogP contribution >= 0.6 is 34.5 Å². The topological polar surface area (TPSA) is 69.9 Å². The molecule has 0 aliphatic carbocycles. The molecule has 2 aromatic heterocycles. The zero-order valence-electron chi connectivity index (χ0n) is 15.4. The van der Waals surface area contributed by atoms with E-state index in [0.29, 0.717) is 21.4 Å². The molecule has 0 saturated carbocycles. The molecule has 6 nitrogen and oxygen atoms in total. The number of hydrogen-bond donors (Lipinski definition) is 0. The Kier molecular flexibility index (Phi) is 5.36. The summed E-state index contributed by atoms with van der Waals surface area (Å²) in [6, 6.07) is 15.1. The molecular weight excluding hydrogens is 431 g/mol. The molecule has 0 spiro atoms. The van der Waals surface area contributed by atoms with Crippen molar-refractivity contribution in [2.45, 2.75) is 6.92 Å². The van der Waals surface area contributed by atoms with Crippen LogP contribution in [0, 0.1) is 6.92 Å². The average Bonchev–Trinajstić information content (AvgIpc) is 3.32. The van der Waals surface area contributed by atoms with E-state index in [9.17, 15) is 4.79 Å². The number of esters is 1. The molecule has 2 heterocycles. The van der Waals surface area contributed by atoms with E-state index in [1.165, 1.54) is 23.1 Å². The number of aryl methyl sites for hydroxylation is 1. The number of aromatic nitrogens is 4. The second-order valence-corrected chi connectivity index (χ2v) is 7.91. The lowest BCUT2D eigenvalue weighted by Crippen LogP contribution is -2.05. The molecule has 0 atom stereocenters. The minimum atomic E-state index is -0.648. The van der Waals surface area contributed by atoms with Crippen LogP contribution in [-0.2, 0) is 4.74 Å². The standard InChI is InChI=1S/C20H14Cl2N4O2S/c1-11-6-5-7-12(10-11)18-23-24-19(29-18)17-15(22)16(20(27)28-2)25-26(17)14-9-4-3-8-13(14)21/h3-10H,1-2H3. The summed E-state index contributed by atoms with van der Waals surface area (Å²) in [5, 5.41) is 14.8. The maximum absolute atomic E-state index is 12.2. The van der Waals surface area contributed by atoms with Crippen molar-refractivity contribution < 1.29 is 9.53 Å². The number of halogens is 2. The minimum absolute atomic E-state index is 0.0172. The van der Waals surface area contributed by atoms with Gasteiger partial charge in [0.25, 0.3) is 0 Å². The Morgan fingerprint density at radius 2 is 1.83 bits per heavy atom. The smallest absolute Gasteiger partial charge is 0.360 e. The molecular formula is C20H14Cl2N4O2S. The van der Waals surface area contributed by atoms with Crippen LogP contribution in [0.5, 0.6) is 0 Å². The maximum Gasteiger partial charge on any atom is 0.360 e. The predicted molar refractivity (Wildman–Crippen MR) is 114 cm³/mol. The molecule has 4 aromatic rings. The van der Waals surface area contributed by atoms with Crippen LogP contribution in [0.4, 0.5) is 0 Å². The van der Waals surface area contributed by atoms with E-state index in [-0.39, 0.29) is 10.7 Å². The first-order valence-electron chi connectivity index (χ1n) is 8.52. The molecule has 0 radical (unpaired) electrons. The SMILES string of the molecule is COC(=O)c1nn(-c2ccccc2Cl)c(-c2nnc(-c3cccc(C)c3)s2)c1Cl. The molecule has 2 aromatic carbocycles. The molecule has 9 heteroatoms. The van der Waals surface area contributed by atoms with E-state index in [1.807, 2.05) is 37.3 Å². The van der Waals surface area contributed by atoms with Gasteiger partial charge in [0, 0.05) is 5.56 Å². The van der Waals surface area contributed by atoms with E-state index >= 15 is 0 Å². The predicted octanol–water partition coefficient (Wildman–Crippen LogP) is 5.46. The summed E-state index contributed by atoms with van der Waals surface area (Å²) in [5.74, 6) is -0.648. The van der Waals surface area contributed by atoms with E-state index in [0.717, 1.165) is 16.1 Å². The summed E-state index contributed by atoms with van der Waals surface area (Å²) >= 11 is 14.2. The molecule has 0 N–H and O–H groups in total. The summed E-state index contributed by atoms with van der Waals surface area (Å²) in [7, 11) is 1.27. The summed E-state index contributed by atoms with van der Waals surface area (Å²) in [6.45, 7) is 2.01. The molecule has 146 valence electrons. The Labute approximate surface area is 180 Å². The number of rotatable bonds is 4. The fourth-order valence-electron chi connectivity index (χ4n) is 2.82. The van der Waals surface area contributed by atoms with Crippen LogP contribution in [0.25, 0.3) is 27.0 Å². The number of ether oxygens (including phenoxy) is 1. The number of benzene rings is 2. The molecule has 4 rings (SSSR count). The van der Waals surface area contributed by atoms with Crippen molar-refractivity contribution in [2.75, 3.05) is 7.11 Å². The number of nitrogens with zero attached hydrogens (tertiary/aromatic N) is 4. The lowest BCUT2D eigenvalue weighted by atomic mass is 10.1. The largest absolute Gasteiger partial charge is 0.464 e. The van der Waals surface area contributed by atoms with Crippen molar-refractivity contribution in [3.63, 3.8) is 0 Å². The molecule has 0 aliphatic rings. The third kappa shape index (κ3) is 3.64. The Morgan fingerprint density at radius 3 is 2.55 bits per heavy atom. The molecule has 29 heavy (non-hydrogen) atoms. The van der Waals surface area contributed by atoms with Crippen molar-refractivity contribution in [1.29, 1.82) is 0 Å². The van der Waals surface area contributed by atoms with Gasteiger partial charge in [-0.05, 0) is 25.1 Å². The van der Waals surface area contributed by atoms with Crippen molar-refractivity contribution in [3.05, 3.63) is 69.8 Å². The van der Waals surface area contributed by atoms with Crippen LogP contribution in [0.2, 0.25) is 10.0 Å². The van der Waals surface area contributed by atoms with Gasteiger partial charge >= 0.3 is 5.97 Å². The number of hydrogen-bond acceptors (Lipinski definition) is 6. The first kappa shape index (κ1) is 19.6. The van der Waals surface area contributed by atoms with Gasteiger partial charge in [0.15, 0.2) is 10.7 Å². The van der Waals surface area contributed by atoms with Crippen LogP contribution in [0.1, 0.15) is 16.1 Å². The van der Waals surface area contributed by atoms with Crippen LogP contribution in [-0.4, -0.2) is 33.1 Å². The van der Waals surface area contributed by atoms with Crippen LogP contribution < -0.4 is 0 Å². The van der Waals surface area contributed by atoms with Gasteiger partial charge in [-0.2, -0.15) is 5.10 Å². The van der Waals surface area contributed by atoms with Gasteiger partial charge < -0.3 is 4.74 Å². The summed E-state index contributed by atoms with van der Waals surface area (Å²) in [4.78, 5) is 12.2. The first-order valence-corrected chi connectivity index (χ1v) is 10.1. The van der Waals surface area contributed by atoms with Gasteiger partial charge in [0.2, 0.25) is 0 Å². The normalized spacial score (nSPS) is 10.9. The fraction of sp³-hybridized carbons (Fsp3) is 0.100. The van der Waals surface area contributed by atoms with Crippen LogP contribution in [0.15, 0.2) is 48.5 Å².